The van der Waals surface area contributed by atoms with Gasteiger partial charge in [-0.1, -0.05) is 0 Å². The minimum atomic E-state index is -0.0565. The highest BCUT2D eigenvalue weighted by atomic mass is 16.5. The van der Waals surface area contributed by atoms with Crippen molar-refractivity contribution >= 4 is 5.91 Å². The van der Waals surface area contributed by atoms with Gasteiger partial charge in [-0.15, -0.1) is 0 Å². The molecule has 7 nitrogen and oxygen atoms in total. The second kappa shape index (κ2) is 7.76. The van der Waals surface area contributed by atoms with Crippen LogP contribution in [0, 0.1) is 5.92 Å². The van der Waals surface area contributed by atoms with Gasteiger partial charge in [-0.05, 0) is 37.7 Å². The topological polar surface area (TPSA) is 73.8 Å². The molecule has 0 spiro atoms. The van der Waals surface area contributed by atoms with Crippen molar-refractivity contribution in [2.24, 2.45) is 5.92 Å². The SMILES string of the molecule is O=C(c1ccncn1)N1C[C@@H](OCC2CCOCC2)[C@H]2OCCC[C@H]21. The maximum atomic E-state index is 12.9. The van der Waals surface area contributed by atoms with Gasteiger partial charge in [0.1, 0.15) is 24.2 Å². The number of rotatable bonds is 4. The molecule has 4 heterocycles. The molecule has 0 aromatic carbocycles. The molecule has 3 aliphatic rings. The molecule has 3 aliphatic heterocycles. The number of hydrogen-bond acceptors (Lipinski definition) is 6. The number of likely N-dealkylation sites (tertiary alicyclic amines) is 1. The van der Waals surface area contributed by atoms with E-state index in [-0.39, 0.29) is 24.2 Å². The molecule has 25 heavy (non-hydrogen) atoms. The summed E-state index contributed by atoms with van der Waals surface area (Å²) in [5, 5.41) is 0. The molecule has 3 saturated heterocycles. The third-order valence-corrected chi connectivity index (χ3v) is 5.43. The van der Waals surface area contributed by atoms with E-state index in [2.05, 4.69) is 9.97 Å². The number of carbonyl (C=O) groups is 1. The van der Waals surface area contributed by atoms with Crippen molar-refractivity contribution in [3.05, 3.63) is 24.3 Å². The van der Waals surface area contributed by atoms with Crippen LogP contribution in [0.3, 0.4) is 0 Å². The molecular weight excluding hydrogens is 322 g/mol. The van der Waals surface area contributed by atoms with E-state index >= 15 is 0 Å². The molecule has 1 aromatic heterocycles. The van der Waals surface area contributed by atoms with Crippen LogP contribution in [0.5, 0.6) is 0 Å². The lowest BCUT2D eigenvalue weighted by molar-refractivity contribution is -0.0886. The van der Waals surface area contributed by atoms with E-state index in [1.807, 2.05) is 4.90 Å². The van der Waals surface area contributed by atoms with Crippen molar-refractivity contribution in [2.45, 2.75) is 43.9 Å². The first kappa shape index (κ1) is 16.9. The molecule has 7 heteroatoms. The maximum Gasteiger partial charge on any atom is 0.273 e. The molecule has 0 aliphatic carbocycles. The Bertz CT molecular complexity index is 579. The summed E-state index contributed by atoms with van der Waals surface area (Å²) in [7, 11) is 0. The summed E-state index contributed by atoms with van der Waals surface area (Å²) in [4.78, 5) is 22.7. The highest BCUT2D eigenvalue weighted by molar-refractivity contribution is 5.92. The van der Waals surface area contributed by atoms with Crippen LogP contribution in [-0.2, 0) is 14.2 Å². The van der Waals surface area contributed by atoms with Crippen LogP contribution in [-0.4, -0.2) is 72.0 Å². The van der Waals surface area contributed by atoms with E-state index in [4.69, 9.17) is 14.2 Å². The molecule has 136 valence electrons. The van der Waals surface area contributed by atoms with Crippen LogP contribution >= 0.6 is 0 Å². The van der Waals surface area contributed by atoms with Crippen molar-refractivity contribution in [3.8, 4) is 0 Å². The monoisotopic (exact) mass is 347 g/mol. The standard InChI is InChI=1S/C18H25N3O4/c22-18(14-3-6-19-12-20-14)21-10-16(17-15(21)2-1-7-24-17)25-11-13-4-8-23-9-5-13/h3,6,12-13,15-17H,1-2,4-5,7-11H2/t15-,16-,17+/m1/s1. The molecule has 0 N–H and O–H groups in total. The first-order valence-electron chi connectivity index (χ1n) is 9.21. The largest absolute Gasteiger partial charge is 0.381 e. The zero-order valence-electron chi connectivity index (χ0n) is 14.4. The Morgan fingerprint density at radius 2 is 2.16 bits per heavy atom. The van der Waals surface area contributed by atoms with Gasteiger partial charge in [-0.3, -0.25) is 4.79 Å². The molecular formula is C18H25N3O4. The van der Waals surface area contributed by atoms with Gasteiger partial charge >= 0.3 is 0 Å². The summed E-state index contributed by atoms with van der Waals surface area (Å²) in [6.07, 6.45) is 6.95. The molecule has 0 unspecified atom stereocenters. The van der Waals surface area contributed by atoms with Gasteiger partial charge in [0.25, 0.3) is 5.91 Å². The quantitative estimate of drug-likeness (QED) is 0.817. The molecule has 1 amide bonds. The third-order valence-electron chi connectivity index (χ3n) is 5.43. The van der Waals surface area contributed by atoms with Crippen LogP contribution in [0.15, 0.2) is 18.6 Å². The number of amides is 1. The van der Waals surface area contributed by atoms with Gasteiger partial charge in [0, 0.05) is 26.0 Å². The van der Waals surface area contributed by atoms with Gasteiger partial charge in [0.15, 0.2) is 0 Å². The molecule has 0 radical (unpaired) electrons. The van der Waals surface area contributed by atoms with Crippen molar-refractivity contribution in [2.75, 3.05) is 33.0 Å². The van der Waals surface area contributed by atoms with Crippen molar-refractivity contribution in [1.29, 1.82) is 0 Å². The molecule has 3 atom stereocenters. The number of hydrogen-bond donors (Lipinski definition) is 0. The van der Waals surface area contributed by atoms with E-state index < -0.39 is 0 Å². The number of fused-ring (bicyclic) bond motifs is 1. The molecule has 3 fully saturated rings. The second-order valence-corrected chi connectivity index (χ2v) is 7.02. The van der Waals surface area contributed by atoms with E-state index in [0.717, 1.165) is 52.1 Å². The summed E-state index contributed by atoms with van der Waals surface area (Å²) in [6, 6.07) is 1.74. The van der Waals surface area contributed by atoms with Crippen LogP contribution in [0.25, 0.3) is 0 Å². The number of ether oxygens (including phenoxy) is 3. The molecule has 1 aromatic rings. The van der Waals surface area contributed by atoms with Gasteiger partial charge in [0.2, 0.25) is 0 Å². The van der Waals surface area contributed by atoms with Gasteiger partial charge in [-0.2, -0.15) is 0 Å². The van der Waals surface area contributed by atoms with E-state index in [1.54, 1.807) is 12.3 Å². The van der Waals surface area contributed by atoms with Crippen LogP contribution in [0.1, 0.15) is 36.2 Å². The Labute approximate surface area is 147 Å². The Morgan fingerprint density at radius 1 is 1.28 bits per heavy atom. The van der Waals surface area contributed by atoms with Crippen molar-refractivity contribution < 1.29 is 19.0 Å². The van der Waals surface area contributed by atoms with Crippen LogP contribution < -0.4 is 0 Å². The first-order chi connectivity index (χ1) is 12.3. The highest BCUT2D eigenvalue weighted by Crippen LogP contribution is 2.32. The highest BCUT2D eigenvalue weighted by Gasteiger charge is 2.47. The zero-order chi connectivity index (χ0) is 17.1. The predicted molar refractivity (Wildman–Crippen MR) is 89.1 cm³/mol. The normalized spacial score (nSPS) is 30.2. The van der Waals surface area contributed by atoms with E-state index in [9.17, 15) is 4.79 Å². The number of aromatic nitrogens is 2. The summed E-state index contributed by atoms with van der Waals surface area (Å²) in [5.74, 6) is 0.488. The Balaban J connectivity index is 1.43. The van der Waals surface area contributed by atoms with Gasteiger partial charge < -0.3 is 19.1 Å². The van der Waals surface area contributed by atoms with E-state index in [0.29, 0.717) is 18.2 Å². The Hall–Kier alpha value is -1.57. The number of nitrogens with zero attached hydrogens (tertiary/aromatic N) is 3. The fourth-order valence-electron chi connectivity index (χ4n) is 4.03. The fraction of sp³-hybridized carbons (Fsp3) is 0.722. The summed E-state index contributed by atoms with van der Waals surface area (Å²) in [5.41, 5.74) is 0.435. The molecule has 0 bridgehead atoms. The maximum absolute atomic E-state index is 12.9. The summed E-state index contributed by atoms with van der Waals surface area (Å²) in [6.45, 7) is 3.67. The average Bonchev–Trinajstić information content (AvgIpc) is 3.06. The minimum Gasteiger partial charge on any atom is -0.381 e. The molecule has 0 saturated carbocycles. The van der Waals surface area contributed by atoms with Crippen LogP contribution in [0.2, 0.25) is 0 Å². The number of carbonyl (C=O) groups excluding carboxylic acids is 1. The minimum absolute atomic E-state index is 0.0284. The van der Waals surface area contributed by atoms with Crippen molar-refractivity contribution in [3.63, 3.8) is 0 Å². The summed E-state index contributed by atoms with van der Waals surface area (Å²) < 4.78 is 17.6. The third kappa shape index (κ3) is 3.68. The lowest BCUT2D eigenvalue weighted by Crippen LogP contribution is -2.44. The fourth-order valence-corrected chi connectivity index (χ4v) is 4.03. The van der Waals surface area contributed by atoms with Crippen molar-refractivity contribution in [1.82, 2.24) is 14.9 Å². The Morgan fingerprint density at radius 3 is 2.96 bits per heavy atom. The second-order valence-electron chi connectivity index (χ2n) is 7.02. The Kier molecular flexibility index (Phi) is 5.24. The first-order valence-corrected chi connectivity index (χ1v) is 9.21. The van der Waals surface area contributed by atoms with Gasteiger partial charge in [-0.25, -0.2) is 9.97 Å². The van der Waals surface area contributed by atoms with E-state index in [1.165, 1.54) is 6.33 Å². The summed E-state index contributed by atoms with van der Waals surface area (Å²) >= 11 is 0. The zero-order valence-corrected chi connectivity index (χ0v) is 14.4. The average molecular weight is 347 g/mol. The lowest BCUT2D eigenvalue weighted by atomic mass is 10.0. The lowest BCUT2D eigenvalue weighted by Gasteiger charge is -2.32. The van der Waals surface area contributed by atoms with Crippen LogP contribution in [0.4, 0.5) is 0 Å². The molecule has 4 rings (SSSR count). The van der Waals surface area contributed by atoms with Gasteiger partial charge in [0.05, 0.1) is 19.2 Å². The smallest absolute Gasteiger partial charge is 0.273 e. The predicted octanol–water partition coefficient (Wildman–Crippen LogP) is 1.29.